The van der Waals surface area contributed by atoms with Gasteiger partial charge in [-0.25, -0.2) is 0 Å². The minimum atomic E-state index is 0.0725. The summed E-state index contributed by atoms with van der Waals surface area (Å²) in [6, 6.07) is 6.07. The molecule has 5 heteroatoms. The van der Waals surface area contributed by atoms with Gasteiger partial charge >= 0.3 is 0 Å². The second-order valence-corrected chi connectivity index (χ2v) is 7.03. The topological polar surface area (TPSA) is 44.8 Å². The fraction of sp³-hybridized carbons (Fsp3) is 0.611. The van der Waals surface area contributed by atoms with Gasteiger partial charge < -0.3 is 15.0 Å². The molecule has 2 heterocycles. The third kappa shape index (κ3) is 3.15. The number of amides is 1. The van der Waals surface area contributed by atoms with Crippen LogP contribution in [0.1, 0.15) is 33.1 Å². The number of carbonyl (C=O) groups excluding carboxylic acids is 1. The van der Waals surface area contributed by atoms with Crippen molar-refractivity contribution in [3.63, 3.8) is 0 Å². The molecule has 5 nitrogen and oxygen atoms in total. The van der Waals surface area contributed by atoms with Gasteiger partial charge in [0.25, 0.3) is 0 Å². The monoisotopic (exact) mass is 317 g/mol. The average molecular weight is 317 g/mol. The number of hydrogen-bond acceptors (Lipinski definition) is 4. The van der Waals surface area contributed by atoms with Crippen LogP contribution in [0.15, 0.2) is 18.2 Å². The van der Waals surface area contributed by atoms with Crippen LogP contribution in [0.4, 0.5) is 11.4 Å². The van der Waals surface area contributed by atoms with Crippen LogP contribution in [0.25, 0.3) is 0 Å². The Bertz CT molecular complexity index is 575. The number of hydrogen-bond donors (Lipinski definition) is 1. The molecule has 1 N–H and O–H groups in total. The first-order valence-corrected chi connectivity index (χ1v) is 8.51. The molecule has 0 radical (unpaired) electrons. The van der Waals surface area contributed by atoms with Gasteiger partial charge in [0.1, 0.15) is 5.75 Å². The van der Waals surface area contributed by atoms with Crippen LogP contribution in [0.3, 0.4) is 0 Å². The normalized spacial score (nSPS) is 24.6. The first-order chi connectivity index (χ1) is 11.0. The molecule has 0 saturated carbocycles. The highest BCUT2D eigenvalue weighted by atomic mass is 16.5. The lowest BCUT2D eigenvalue weighted by molar-refractivity contribution is -0.105. The van der Waals surface area contributed by atoms with E-state index in [1.54, 1.807) is 0 Å². The highest BCUT2D eigenvalue weighted by Gasteiger charge is 2.44. The summed E-state index contributed by atoms with van der Waals surface area (Å²) in [6.45, 7) is 7.35. The summed E-state index contributed by atoms with van der Waals surface area (Å²) < 4.78 is 5.88. The predicted octanol–water partition coefficient (Wildman–Crippen LogP) is 2.72. The quantitative estimate of drug-likeness (QED) is 0.848. The molecule has 0 bridgehead atoms. The lowest BCUT2D eigenvalue weighted by Gasteiger charge is -2.32. The Balaban J connectivity index is 1.81. The number of likely N-dealkylation sites (tertiary alicyclic amines) is 1. The van der Waals surface area contributed by atoms with E-state index in [0.29, 0.717) is 11.9 Å². The zero-order valence-corrected chi connectivity index (χ0v) is 14.3. The zero-order chi connectivity index (χ0) is 16.4. The molecular formula is C18H27N3O2. The average Bonchev–Trinajstić information content (AvgIpc) is 3.09. The molecule has 2 aliphatic rings. The molecule has 1 atom stereocenters. The van der Waals surface area contributed by atoms with E-state index in [-0.39, 0.29) is 6.10 Å². The highest BCUT2D eigenvalue weighted by molar-refractivity contribution is 5.77. The smallest absolute Gasteiger partial charge is 0.211 e. The molecule has 23 heavy (non-hydrogen) atoms. The SMILES string of the molecule is CC(C)Oc1cc(N2CC[C@@]3(CCCN3C)C2)ccc1NC=O. The van der Waals surface area contributed by atoms with Gasteiger partial charge in [-0.15, -0.1) is 0 Å². The van der Waals surface area contributed by atoms with Gasteiger partial charge in [-0.05, 0) is 58.8 Å². The molecule has 0 aromatic heterocycles. The zero-order valence-electron chi connectivity index (χ0n) is 14.3. The summed E-state index contributed by atoms with van der Waals surface area (Å²) >= 11 is 0. The number of carbonyl (C=O) groups is 1. The Morgan fingerprint density at radius 1 is 1.30 bits per heavy atom. The van der Waals surface area contributed by atoms with Crippen LogP contribution >= 0.6 is 0 Å². The van der Waals surface area contributed by atoms with Gasteiger partial charge in [0.05, 0.1) is 11.8 Å². The van der Waals surface area contributed by atoms with E-state index in [2.05, 4.69) is 34.3 Å². The molecule has 3 rings (SSSR count). The third-order valence-corrected chi connectivity index (χ3v) is 5.19. The van der Waals surface area contributed by atoms with E-state index < -0.39 is 0 Å². The number of ether oxygens (including phenoxy) is 1. The van der Waals surface area contributed by atoms with E-state index in [4.69, 9.17) is 4.74 Å². The summed E-state index contributed by atoms with van der Waals surface area (Å²) in [5.74, 6) is 0.741. The van der Waals surface area contributed by atoms with Gasteiger partial charge in [-0.2, -0.15) is 0 Å². The van der Waals surface area contributed by atoms with Crippen molar-refractivity contribution in [2.24, 2.45) is 0 Å². The van der Waals surface area contributed by atoms with Crippen molar-refractivity contribution in [1.29, 1.82) is 0 Å². The standard InChI is InChI=1S/C18H27N3O2/c1-14(2)23-17-11-15(5-6-16(17)19-13-22)21-10-8-18(12-21)7-4-9-20(18)3/h5-6,11,13-14H,4,7-10,12H2,1-3H3,(H,19,22)/t18-/m0/s1. The van der Waals surface area contributed by atoms with Crippen molar-refractivity contribution in [3.8, 4) is 5.75 Å². The van der Waals surface area contributed by atoms with E-state index in [1.165, 1.54) is 31.5 Å². The number of nitrogens with one attached hydrogen (secondary N) is 1. The molecule has 126 valence electrons. The maximum Gasteiger partial charge on any atom is 0.211 e. The minimum absolute atomic E-state index is 0.0725. The molecule has 2 saturated heterocycles. The van der Waals surface area contributed by atoms with Crippen LogP contribution in [0, 0.1) is 0 Å². The number of nitrogens with zero attached hydrogens (tertiary/aromatic N) is 2. The molecule has 2 fully saturated rings. The van der Waals surface area contributed by atoms with Gasteiger partial charge in [0.2, 0.25) is 6.41 Å². The molecule has 1 aromatic rings. The molecular weight excluding hydrogens is 290 g/mol. The van der Waals surface area contributed by atoms with Gasteiger partial charge in [-0.3, -0.25) is 9.69 Å². The van der Waals surface area contributed by atoms with Crippen LogP contribution < -0.4 is 15.0 Å². The summed E-state index contributed by atoms with van der Waals surface area (Å²) in [6.07, 6.45) is 4.58. The number of rotatable bonds is 5. The Morgan fingerprint density at radius 2 is 2.13 bits per heavy atom. The van der Waals surface area contributed by atoms with Gasteiger partial charge in [0.15, 0.2) is 0 Å². The van der Waals surface area contributed by atoms with Crippen molar-refractivity contribution in [2.75, 3.05) is 36.9 Å². The Labute approximate surface area is 138 Å². The molecule has 0 unspecified atom stereocenters. The van der Waals surface area contributed by atoms with E-state index >= 15 is 0 Å². The van der Waals surface area contributed by atoms with E-state index in [9.17, 15) is 4.79 Å². The second-order valence-electron chi connectivity index (χ2n) is 7.03. The third-order valence-electron chi connectivity index (χ3n) is 5.19. The summed E-state index contributed by atoms with van der Waals surface area (Å²) in [4.78, 5) is 15.7. The largest absolute Gasteiger partial charge is 0.489 e. The molecule has 1 spiro atoms. The number of likely N-dealkylation sites (N-methyl/N-ethyl adjacent to an activating group) is 1. The van der Waals surface area contributed by atoms with Crippen molar-refractivity contribution in [3.05, 3.63) is 18.2 Å². The van der Waals surface area contributed by atoms with Crippen molar-refractivity contribution in [2.45, 2.75) is 44.8 Å². The van der Waals surface area contributed by atoms with Crippen LogP contribution in [0.5, 0.6) is 5.75 Å². The number of anilines is 2. The highest BCUT2D eigenvalue weighted by Crippen LogP contribution is 2.40. The fourth-order valence-electron chi connectivity index (χ4n) is 3.91. The van der Waals surface area contributed by atoms with Crippen molar-refractivity contribution < 1.29 is 9.53 Å². The fourth-order valence-corrected chi connectivity index (χ4v) is 3.91. The maximum absolute atomic E-state index is 10.8. The maximum atomic E-state index is 10.8. The van der Waals surface area contributed by atoms with Crippen molar-refractivity contribution >= 4 is 17.8 Å². The molecule has 1 amide bonds. The van der Waals surface area contributed by atoms with Crippen molar-refractivity contribution in [1.82, 2.24) is 4.90 Å². The second kappa shape index (κ2) is 6.40. The lowest BCUT2D eigenvalue weighted by Crippen LogP contribution is -2.43. The minimum Gasteiger partial charge on any atom is -0.489 e. The summed E-state index contributed by atoms with van der Waals surface area (Å²) in [5.41, 5.74) is 2.25. The van der Waals surface area contributed by atoms with Crippen LogP contribution in [-0.4, -0.2) is 49.6 Å². The molecule has 2 aliphatic heterocycles. The van der Waals surface area contributed by atoms with E-state index in [1.807, 2.05) is 19.9 Å². The lowest BCUT2D eigenvalue weighted by atomic mass is 9.96. The summed E-state index contributed by atoms with van der Waals surface area (Å²) in [5, 5.41) is 2.72. The first kappa shape index (κ1) is 16.1. The Morgan fingerprint density at radius 3 is 2.78 bits per heavy atom. The van der Waals surface area contributed by atoms with Gasteiger partial charge in [0, 0.05) is 30.4 Å². The summed E-state index contributed by atoms with van der Waals surface area (Å²) in [7, 11) is 2.25. The van der Waals surface area contributed by atoms with Crippen LogP contribution in [-0.2, 0) is 4.79 Å². The van der Waals surface area contributed by atoms with E-state index in [0.717, 1.165) is 24.5 Å². The predicted molar refractivity (Wildman–Crippen MR) is 93.3 cm³/mol. The molecule has 1 aromatic carbocycles. The van der Waals surface area contributed by atoms with Crippen LogP contribution in [0.2, 0.25) is 0 Å². The first-order valence-electron chi connectivity index (χ1n) is 8.51. The van der Waals surface area contributed by atoms with Gasteiger partial charge in [-0.1, -0.05) is 0 Å². The number of benzene rings is 1. The molecule has 0 aliphatic carbocycles. The Kier molecular flexibility index (Phi) is 4.48. The Hall–Kier alpha value is -1.75.